The number of carbonyl (C=O) groups is 1. The summed E-state index contributed by atoms with van der Waals surface area (Å²) in [5.74, 6) is -1.97. The molecular weight excluding hydrogens is 512 g/mol. The fourth-order valence-electron chi connectivity index (χ4n) is 4.90. The van der Waals surface area contributed by atoms with Crippen molar-refractivity contribution in [1.82, 2.24) is 0 Å². The zero-order valence-electron chi connectivity index (χ0n) is 21.7. The van der Waals surface area contributed by atoms with Gasteiger partial charge in [0.05, 0.1) is 37.4 Å². The van der Waals surface area contributed by atoms with Crippen molar-refractivity contribution in [3.05, 3.63) is 124 Å². The molecule has 2 atom stereocenters. The number of phenols is 3. The van der Waals surface area contributed by atoms with E-state index in [0.717, 1.165) is 6.07 Å². The first-order valence-electron chi connectivity index (χ1n) is 12.4. The molecule has 0 amide bonds. The predicted octanol–water partition coefficient (Wildman–Crippen LogP) is 5.73. The minimum absolute atomic E-state index is 0.0375. The van der Waals surface area contributed by atoms with Crippen LogP contribution < -0.4 is 14.9 Å². The Bertz CT molecular complexity index is 1740. The summed E-state index contributed by atoms with van der Waals surface area (Å²) in [6.07, 6.45) is 1.26. The van der Waals surface area contributed by atoms with Gasteiger partial charge in [-0.15, -0.1) is 0 Å². The third-order valence-corrected chi connectivity index (χ3v) is 6.93. The van der Waals surface area contributed by atoms with Crippen LogP contribution in [0.3, 0.4) is 0 Å². The van der Waals surface area contributed by atoms with Gasteiger partial charge in [-0.25, -0.2) is 0 Å². The lowest BCUT2D eigenvalue weighted by atomic mass is 9.73. The molecule has 40 heavy (non-hydrogen) atoms. The van der Waals surface area contributed by atoms with E-state index in [2.05, 4.69) is 0 Å². The molecule has 0 saturated carbocycles. The number of aromatic hydroxyl groups is 3. The van der Waals surface area contributed by atoms with Crippen molar-refractivity contribution in [2.45, 2.75) is 11.8 Å². The van der Waals surface area contributed by atoms with Gasteiger partial charge in [0.1, 0.15) is 34.3 Å². The Morgan fingerprint density at radius 3 is 1.98 bits per heavy atom. The molecule has 0 aliphatic rings. The number of hydrogen-bond donors (Lipinski definition) is 3. The third-order valence-electron chi connectivity index (χ3n) is 6.93. The molecule has 202 valence electrons. The average Bonchev–Trinajstić information content (AvgIpc) is 2.97. The predicted molar refractivity (Wildman–Crippen MR) is 149 cm³/mol. The summed E-state index contributed by atoms with van der Waals surface area (Å²) in [5, 5.41) is 30.7. The van der Waals surface area contributed by atoms with Crippen molar-refractivity contribution in [2.24, 2.45) is 0 Å². The van der Waals surface area contributed by atoms with Crippen LogP contribution in [-0.2, 0) is 0 Å². The highest BCUT2D eigenvalue weighted by molar-refractivity contribution is 6.04. The molecule has 5 aromatic rings. The summed E-state index contributed by atoms with van der Waals surface area (Å²) < 4.78 is 16.4. The Hall–Kier alpha value is -5.24. The van der Waals surface area contributed by atoms with Gasteiger partial charge in [0.15, 0.2) is 11.2 Å². The van der Waals surface area contributed by atoms with Gasteiger partial charge in [0.25, 0.3) is 0 Å². The van der Waals surface area contributed by atoms with Gasteiger partial charge in [-0.1, -0.05) is 24.3 Å². The number of methoxy groups -OCH3 is 2. The van der Waals surface area contributed by atoms with E-state index >= 15 is 0 Å². The van der Waals surface area contributed by atoms with Gasteiger partial charge >= 0.3 is 0 Å². The molecule has 3 N–H and O–H groups in total. The number of Topliss-reactive ketones (excluding diaryl/α,β-unsaturated/α-hetero) is 1. The number of hydrogen-bond acceptors (Lipinski definition) is 8. The maximum atomic E-state index is 14.3. The van der Waals surface area contributed by atoms with Gasteiger partial charge in [0.2, 0.25) is 0 Å². The van der Waals surface area contributed by atoms with E-state index in [9.17, 15) is 24.9 Å². The van der Waals surface area contributed by atoms with Crippen LogP contribution in [0.15, 0.2) is 100 Å². The second kappa shape index (κ2) is 10.9. The largest absolute Gasteiger partial charge is 0.508 e. The van der Waals surface area contributed by atoms with E-state index in [-0.39, 0.29) is 33.6 Å². The van der Waals surface area contributed by atoms with E-state index in [1.807, 2.05) is 0 Å². The van der Waals surface area contributed by atoms with E-state index in [1.54, 1.807) is 61.7 Å². The Kier molecular flexibility index (Phi) is 7.16. The molecular formula is C32H26O8. The van der Waals surface area contributed by atoms with Crippen LogP contribution in [0, 0.1) is 0 Å². The average molecular weight is 539 g/mol. The van der Waals surface area contributed by atoms with Gasteiger partial charge in [-0.05, 0) is 59.7 Å². The van der Waals surface area contributed by atoms with Crippen LogP contribution >= 0.6 is 0 Å². The lowest BCUT2D eigenvalue weighted by molar-refractivity contribution is 0.0947. The number of fused-ring (bicyclic) bond motifs is 1. The first-order valence-corrected chi connectivity index (χ1v) is 12.4. The van der Waals surface area contributed by atoms with Crippen LogP contribution in [0.25, 0.3) is 11.0 Å². The van der Waals surface area contributed by atoms with Gasteiger partial charge in [-0.2, -0.15) is 0 Å². The molecule has 0 aliphatic heterocycles. The smallest absolute Gasteiger partial charge is 0.196 e. The minimum atomic E-state index is -1.17. The quantitative estimate of drug-likeness (QED) is 0.214. The lowest BCUT2D eigenvalue weighted by Gasteiger charge is -2.28. The van der Waals surface area contributed by atoms with E-state index in [1.165, 1.54) is 37.6 Å². The molecule has 0 bridgehead atoms. The van der Waals surface area contributed by atoms with Gasteiger partial charge in [0, 0.05) is 23.6 Å². The first kappa shape index (κ1) is 26.4. The van der Waals surface area contributed by atoms with Crippen molar-refractivity contribution in [3.8, 4) is 28.7 Å². The molecule has 0 radical (unpaired) electrons. The van der Waals surface area contributed by atoms with E-state index < -0.39 is 28.8 Å². The monoisotopic (exact) mass is 538 g/mol. The topological polar surface area (TPSA) is 126 Å². The minimum Gasteiger partial charge on any atom is -0.508 e. The van der Waals surface area contributed by atoms with Crippen molar-refractivity contribution in [1.29, 1.82) is 0 Å². The number of rotatable bonds is 8. The summed E-state index contributed by atoms with van der Waals surface area (Å²) in [4.78, 5) is 28.3. The van der Waals surface area contributed by atoms with Crippen LogP contribution in [0.2, 0.25) is 0 Å². The number of carbonyl (C=O) groups excluding carboxylic acids is 1. The van der Waals surface area contributed by atoms with Crippen LogP contribution in [-0.4, -0.2) is 35.3 Å². The molecule has 0 fully saturated rings. The number of ether oxygens (including phenoxy) is 2. The molecule has 0 spiro atoms. The highest BCUT2D eigenvalue weighted by Crippen LogP contribution is 2.42. The highest BCUT2D eigenvalue weighted by atomic mass is 16.5. The summed E-state index contributed by atoms with van der Waals surface area (Å²) >= 11 is 0. The summed E-state index contributed by atoms with van der Waals surface area (Å²) in [6, 6.07) is 21.9. The van der Waals surface area contributed by atoms with Crippen LogP contribution in [0.4, 0.5) is 0 Å². The Morgan fingerprint density at radius 1 is 0.750 bits per heavy atom. The number of phenolic OH excluding ortho intramolecular Hbond substituents is 3. The van der Waals surface area contributed by atoms with Crippen molar-refractivity contribution < 1.29 is 34.0 Å². The number of benzene rings is 4. The molecule has 1 unspecified atom stereocenters. The second-order valence-electron chi connectivity index (χ2n) is 9.27. The third kappa shape index (κ3) is 4.94. The fraction of sp³-hybridized carbons (Fsp3) is 0.125. The summed E-state index contributed by atoms with van der Waals surface area (Å²) in [6.45, 7) is 0. The summed E-state index contributed by atoms with van der Waals surface area (Å²) in [7, 11) is 3.05. The number of ketones is 1. The highest BCUT2D eigenvalue weighted by Gasteiger charge is 2.37. The molecule has 0 saturated heterocycles. The van der Waals surface area contributed by atoms with Crippen molar-refractivity contribution >= 4 is 16.8 Å². The zero-order chi connectivity index (χ0) is 28.4. The molecule has 1 heterocycles. The lowest BCUT2D eigenvalue weighted by Crippen LogP contribution is -2.27. The maximum absolute atomic E-state index is 14.3. The SMILES string of the molecule is COc1ccc(C(c2ccc(O)cc2)[C@@H](C(=O)c2ccc(O)cc2O)c2coc3cc(OC)ccc3c2=O)cc1. The maximum Gasteiger partial charge on any atom is 0.196 e. The van der Waals surface area contributed by atoms with Gasteiger partial charge < -0.3 is 29.2 Å². The normalized spacial score (nSPS) is 12.6. The summed E-state index contributed by atoms with van der Waals surface area (Å²) in [5.41, 5.74) is 1.18. The Morgan fingerprint density at radius 2 is 1.35 bits per heavy atom. The second-order valence-corrected chi connectivity index (χ2v) is 9.27. The van der Waals surface area contributed by atoms with Crippen molar-refractivity contribution in [3.63, 3.8) is 0 Å². The Labute approximate surface area is 229 Å². The Balaban J connectivity index is 1.79. The first-order chi connectivity index (χ1) is 19.3. The standard InChI is InChI=1S/C32H26O8/c1-38-22-10-5-19(6-11-22)29(18-3-7-20(33)8-4-18)30(32(37)24-13-9-21(34)15-27(24)35)26-17-40-28-16-23(39-2)12-14-25(28)31(26)36/h3-17,29-30,33-35H,1-2H3/t29?,30-/m0/s1. The van der Waals surface area contributed by atoms with E-state index in [0.29, 0.717) is 22.6 Å². The molecule has 8 heteroatoms. The molecule has 1 aromatic heterocycles. The molecule has 5 rings (SSSR count). The fourth-order valence-corrected chi connectivity index (χ4v) is 4.90. The molecule has 0 aliphatic carbocycles. The van der Waals surface area contributed by atoms with Crippen LogP contribution in [0.5, 0.6) is 28.7 Å². The van der Waals surface area contributed by atoms with Gasteiger partial charge in [-0.3, -0.25) is 9.59 Å². The zero-order valence-corrected chi connectivity index (χ0v) is 21.7. The molecule has 4 aromatic carbocycles. The van der Waals surface area contributed by atoms with Crippen molar-refractivity contribution in [2.75, 3.05) is 14.2 Å². The van der Waals surface area contributed by atoms with E-state index in [4.69, 9.17) is 13.9 Å². The van der Waals surface area contributed by atoms with Crippen LogP contribution in [0.1, 0.15) is 38.9 Å². The molecule has 8 nitrogen and oxygen atoms in total.